The Labute approximate surface area is 189 Å². The van der Waals surface area contributed by atoms with E-state index in [0.29, 0.717) is 41.5 Å². The van der Waals surface area contributed by atoms with Gasteiger partial charge in [0.05, 0.1) is 28.3 Å². The van der Waals surface area contributed by atoms with Gasteiger partial charge in [0.1, 0.15) is 0 Å². The van der Waals surface area contributed by atoms with E-state index in [1.807, 2.05) is 4.90 Å². The zero-order valence-corrected chi connectivity index (χ0v) is 19.7. The van der Waals surface area contributed by atoms with Crippen molar-refractivity contribution in [1.29, 1.82) is 0 Å². The zero-order valence-electron chi connectivity index (χ0n) is 18.2. The number of ketones is 1. The molecule has 1 aromatic carbocycles. The molecule has 1 aromatic rings. The fourth-order valence-electron chi connectivity index (χ4n) is 4.74. The molecular formula is C23H32Cl2N2O3. The lowest BCUT2D eigenvalue weighted by molar-refractivity contribution is -0.146. The molecule has 2 aliphatic rings. The number of benzene rings is 1. The summed E-state index contributed by atoms with van der Waals surface area (Å²) in [6.45, 7) is 11.1. The van der Waals surface area contributed by atoms with E-state index >= 15 is 0 Å². The number of rotatable bonds is 5. The Balaban J connectivity index is 1.63. The Bertz CT molecular complexity index is 768. The highest BCUT2D eigenvalue weighted by Gasteiger charge is 2.38. The summed E-state index contributed by atoms with van der Waals surface area (Å²) in [4.78, 5) is 30.5. The predicted octanol–water partition coefficient (Wildman–Crippen LogP) is 4.55. The van der Waals surface area contributed by atoms with Crippen molar-refractivity contribution in [3.8, 4) is 0 Å². The van der Waals surface area contributed by atoms with Gasteiger partial charge in [0.2, 0.25) is 5.91 Å². The van der Waals surface area contributed by atoms with Crippen LogP contribution in [-0.4, -0.2) is 65.9 Å². The summed E-state index contributed by atoms with van der Waals surface area (Å²) in [5.41, 5.74) is 0.588. The monoisotopic (exact) mass is 454 g/mol. The second kappa shape index (κ2) is 9.99. The topological polar surface area (TPSA) is 49.9 Å². The molecule has 3 atom stereocenters. The third-order valence-corrected chi connectivity index (χ3v) is 6.85. The Kier molecular flexibility index (Phi) is 7.83. The zero-order chi connectivity index (χ0) is 22.0. The van der Waals surface area contributed by atoms with Crippen molar-refractivity contribution in [2.24, 2.45) is 11.8 Å². The Morgan fingerprint density at radius 1 is 1.03 bits per heavy atom. The second-order valence-corrected chi connectivity index (χ2v) is 9.81. The number of piperidine rings is 1. The molecule has 3 rings (SSSR count). The van der Waals surface area contributed by atoms with Crippen LogP contribution in [-0.2, 0) is 9.53 Å². The lowest BCUT2D eigenvalue weighted by Gasteiger charge is -2.43. The first kappa shape index (κ1) is 23.5. The van der Waals surface area contributed by atoms with Crippen LogP contribution in [0.25, 0.3) is 0 Å². The Morgan fingerprint density at radius 2 is 1.63 bits per heavy atom. The van der Waals surface area contributed by atoms with Crippen LogP contribution < -0.4 is 0 Å². The molecule has 30 heavy (non-hydrogen) atoms. The van der Waals surface area contributed by atoms with E-state index in [-0.39, 0.29) is 41.8 Å². The first-order chi connectivity index (χ1) is 14.2. The maximum atomic E-state index is 13.4. The lowest BCUT2D eigenvalue weighted by Crippen LogP contribution is -2.58. The summed E-state index contributed by atoms with van der Waals surface area (Å²) in [5.74, 6) is 0.376. The van der Waals surface area contributed by atoms with Gasteiger partial charge in [-0.15, -0.1) is 0 Å². The number of nitrogens with zero attached hydrogens (tertiary/aromatic N) is 2. The van der Waals surface area contributed by atoms with Gasteiger partial charge in [0.15, 0.2) is 5.78 Å². The van der Waals surface area contributed by atoms with Crippen LogP contribution in [0.3, 0.4) is 0 Å². The van der Waals surface area contributed by atoms with Crippen LogP contribution in [0.2, 0.25) is 10.0 Å². The maximum absolute atomic E-state index is 13.4. The normalized spacial score (nSPS) is 24.8. The van der Waals surface area contributed by atoms with Crippen molar-refractivity contribution >= 4 is 34.9 Å². The van der Waals surface area contributed by atoms with Gasteiger partial charge in [0.25, 0.3) is 0 Å². The third-order valence-electron chi connectivity index (χ3n) is 6.11. The van der Waals surface area contributed by atoms with Gasteiger partial charge < -0.3 is 9.64 Å². The van der Waals surface area contributed by atoms with Crippen LogP contribution in [0.4, 0.5) is 0 Å². The van der Waals surface area contributed by atoms with Crippen molar-refractivity contribution in [3.05, 3.63) is 33.8 Å². The van der Waals surface area contributed by atoms with Crippen LogP contribution in [0.15, 0.2) is 18.2 Å². The van der Waals surface area contributed by atoms with Gasteiger partial charge in [-0.2, -0.15) is 0 Å². The molecule has 0 bridgehead atoms. The molecule has 0 N–H and O–H groups in total. The Morgan fingerprint density at radius 3 is 2.17 bits per heavy atom. The molecule has 5 nitrogen and oxygen atoms in total. The smallest absolute Gasteiger partial charge is 0.240 e. The molecule has 0 aliphatic carbocycles. The molecule has 2 aliphatic heterocycles. The predicted molar refractivity (Wildman–Crippen MR) is 120 cm³/mol. The van der Waals surface area contributed by atoms with Crippen molar-refractivity contribution in [3.63, 3.8) is 0 Å². The fraction of sp³-hybridized carbons (Fsp3) is 0.652. The number of hydrogen-bond donors (Lipinski definition) is 0. The molecule has 0 saturated carbocycles. The minimum Gasteiger partial charge on any atom is -0.373 e. The lowest BCUT2D eigenvalue weighted by atomic mass is 9.88. The number of Topliss-reactive ketones (excluding diaryl/α,β-unsaturated/α-hetero) is 1. The van der Waals surface area contributed by atoms with E-state index in [0.717, 1.165) is 13.1 Å². The standard InChI is InChI=1S/C23H32Cl2N2O3/c1-14(2)21(27-12-15(3)30-16(4)13-27)23(29)26-9-7-17(8-10-26)22(28)18-5-6-19(24)20(25)11-18/h5-6,11,14-17,21H,7-10,12-13H2,1-4H3. The molecule has 7 heteroatoms. The number of morpholine rings is 1. The molecule has 2 fully saturated rings. The van der Waals surface area contributed by atoms with Crippen LogP contribution in [0.1, 0.15) is 50.9 Å². The van der Waals surface area contributed by atoms with Crippen LogP contribution >= 0.6 is 23.2 Å². The summed E-state index contributed by atoms with van der Waals surface area (Å²) in [6, 6.07) is 4.87. The molecule has 2 heterocycles. The minimum atomic E-state index is -0.152. The average molecular weight is 455 g/mol. The highest BCUT2D eigenvalue weighted by Crippen LogP contribution is 2.28. The number of hydrogen-bond acceptors (Lipinski definition) is 4. The summed E-state index contributed by atoms with van der Waals surface area (Å²) in [6.07, 6.45) is 1.59. The van der Waals surface area contributed by atoms with Crippen molar-refractivity contribution in [1.82, 2.24) is 9.80 Å². The van der Waals surface area contributed by atoms with E-state index in [2.05, 4.69) is 32.6 Å². The summed E-state index contributed by atoms with van der Waals surface area (Å²) in [5, 5.41) is 0.837. The number of amides is 1. The fourth-order valence-corrected chi connectivity index (χ4v) is 5.04. The van der Waals surface area contributed by atoms with Crippen molar-refractivity contribution in [2.45, 2.75) is 58.8 Å². The van der Waals surface area contributed by atoms with E-state index in [4.69, 9.17) is 27.9 Å². The molecule has 1 amide bonds. The van der Waals surface area contributed by atoms with Gasteiger partial charge in [0, 0.05) is 37.7 Å². The highest BCUT2D eigenvalue weighted by molar-refractivity contribution is 6.42. The van der Waals surface area contributed by atoms with Gasteiger partial charge in [-0.05, 0) is 50.8 Å². The summed E-state index contributed by atoms with van der Waals surface area (Å²) < 4.78 is 5.85. The Hall–Kier alpha value is -1.14. The molecule has 166 valence electrons. The quantitative estimate of drug-likeness (QED) is 0.612. The number of ether oxygens (including phenoxy) is 1. The summed E-state index contributed by atoms with van der Waals surface area (Å²) >= 11 is 12.0. The van der Waals surface area contributed by atoms with Gasteiger partial charge in [-0.1, -0.05) is 37.0 Å². The molecule has 0 radical (unpaired) electrons. The molecule has 0 aromatic heterocycles. The minimum absolute atomic E-state index is 0.0805. The van der Waals surface area contributed by atoms with Crippen molar-refractivity contribution < 1.29 is 14.3 Å². The van der Waals surface area contributed by atoms with Crippen LogP contribution in [0.5, 0.6) is 0 Å². The second-order valence-electron chi connectivity index (χ2n) is 8.99. The van der Waals surface area contributed by atoms with Gasteiger partial charge in [-0.25, -0.2) is 0 Å². The number of likely N-dealkylation sites (tertiary alicyclic amines) is 1. The van der Waals surface area contributed by atoms with Crippen LogP contribution in [0, 0.1) is 11.8 Å². The molecule has 2 saturated heterocycles. The maximum Gasteiger partial charge on any atom is 0.240 e. The van der Waals surface area contributed by atoms with E-state index < -0.39 is 0 Å². The number of carbonyl (C=O) groups is 2. The molecule has 0 spiro atoms. The molecular weight excluding hydrogens is 423 g/mol. The summed E-state index contributed by atoms with van der Waals surface area (Å²) in [7, 11) is 0. The third kappa shape index (κ3) is 5.37. The first-order valence-corrected chi connectivity index (χ1v) is 11.6. The van der Waals surface area contributed by atoms with Gasteiger partial charge >= 0.3 is 0 Å². The molecule has 3 unspecified atom stereocenters. The van der Waals surface area contributed by atoms with Gasteiger partial charge in [-0.3, -0.25) is 14.5 Å². The van der Waals surface area contributed by atoms with E-state index in [1.54, 1.807) is 18.2 Å². The SMILES string of the molecule is CC1CN(C(C(=O)N2CCC(C(=O)c3ccc(Cl)c(Cl)c3)CC2)C(C)C)CC(C)O1. The average Bonchev–Trinajstić information content (AvgIpc) is 2.68. The van der Waals surface area contributed by atoms with E-state index in [1.165, 1.54) is 0 Å². The highest BCUT2D eigenvalue weighted by atomic mass is 35.5. The van der Waals surface area contributed by atoms with E-state index in [9.17, 15) is 9.59 Å². The largest absolute Gasteiger partial charge is 0.373 e. The first-order valence-electron chi connectivity index (χ1n) is 10.8. The number of carbonyl (C=O) groups excluding carboxylic acids is 2. The van der Waals surface area contributed by atoms with Crippen molar-refractivity contribution in [2.75, 3.05) is 26.2 Å². The number of halogens is 2.